The van der Waals surface area contributed by atoms with E-state index in [0.717, 1.165) is 5.39 Å². The van der Waals surface area contributed by atoms with E-state index in [1.165, 1.54) is 0 Å². The summed E-state index contributed by atoms with van der Waals surface area (Å²) in [6.45, 7) is 1.77. The SMILES string of the molecule is Cc1c(C(O)=C(C#N)C#N)oc2ccccc12. The second kappa shape index (κ2) is 4.03. The number of aliphatic hydroxyl groups is 1. The van der Waals surface area contributed by atoms with Gasteiger partial charge in [0.1, 0.15) is 17.7 Å². The minimum atomic E-state index is -0.413. The lowest BCUT2D eigenvalue weighted by molar-refractivity contribution is 0.468. The number of allylic oxidation sites excluding steroid dienone is 1. The monoisotopic (exact) mass is 224 g/mol. The van der Waals surface area contributed by atoms with Gasteiger partial charge in [-0.3, -0.25) is 0 Å². The molecule has 0 saturated heterocycles. The molecule has 0 aliphatic carbocycles. The molecule has 0 amide bonds. The number of nitriles is 2. The Morgan fingerprint density at radius 3 is 2.47 bits per heavy atom. The van der Waals surface area contributed by atoms with Crippen molar-refractivity contribution in [2.24, 2.45) is 0 Å². The van der Waals surface area contributed by atoms with E-state index in [0.29, 0.717) is 11.1 Å². The van der Waals surface area contributed by atoms with E-state index in [4.69, 9.17) is 14.9 Å². The highest BCUT2D eigenvalue weighted by molar-refractivity contribution is 5.86. The lowest BCUT2D eigenvalue weighted by Gasteiger charge is -1.95. The second-order valence-corrected chi connectivity index (χ2v) is 3.50. The zero-order chi connectivity index (χ0) is 12.4. The minimum absolute atomic E-state index is 0.171. The molecule has 1 heterocycles. The number of fused-ring (bicyclic) bond motifs is 1. The molecule has 0 spiro atoms. The van der Waals surface area contributed by atoms with E-state index < -0.39 is 5.76 Å². The number of rotatable bonds is 1. The summed E-state index contributed by atoms with van der Waals surface area (Å²) in [6, 6.07) is 10.5. The van der Waals surface area contributed by atoms with Crippen LogP contribution in [0.3, 0.4) is 0 Å². The first-order valence-corrected chi connectivity index (χ1v) is 4.91. The Kier molecular flexibility index (Phi) is 2.56. The highest BCUT2D eigenvalue weighted by Crippen LogP contribution is 2.29. The molecule has 17 heavy (non-hydrogen) atoms. The first kappa shape index (κ1) is 10.8. The van der Waals surface area contributed by atoms with Gasteiger partial charge < -0.3 is 9.52 Å². The zero-order valence-corrected chi connectivity index (χ0v) is 9.06. The van der Waals surface area contributed by atoms with Crippen LogP contribution >= 0.6 is 0 Å². The molecule has 0 aliphatic rings. The van der Waals surface area contributed by atoms with E-state index in [2.05, 4.69) is 0 Å². The standard InChI is InChI=1S/C13H8N2O2/c1-8-10-4-2-3-5-11(10)17-13(8)12(16)9(6-14)7-15/h2-5,16H,1H3. The fraction of sp³-hybridized carbons (Fsp3) is 0.0769. The second-order valence-electron chi connectivity index (χ2n) is 3.50. The third-order valence-corrected chi connectivity index (χ3v) is 2.52. The van der Waals surface area contributed by atoms with Crippen molar-refractivity contribution in [3.05, 3.63) is 41.2 Å². The van der Waals surface area contributed by atoms with Crippen LogP contribution in [0.5, 0.6) is 0 Å². The number of hydrogen-bond donors (Lipinski definition) is 1. The maximum atomic E-state index is 9.80. The maximum absolute atomic E-state index is 9.80. The molecule has 0 bridgehead atoms. The molecule has 1 N–H and O–H groups in total. The number of aryl methyl sites for hydroxylation is 1. The molecular weight excluding hydrogens is 216 g/mol. The zero-order valence-electron chi connectivity index (χ0n) is 9.06. The minimum Gasteiger partial charge on any atom is -0.503 e. The van der Waals surface area contributed by atoms with Crippen LogP contribution < -0.4 is 0 Å². The van der Waals surface area contributed by atoms with E-state index >= 15 is 0 Å². The van der Waals surface area contributed by atoms with Crippen LogP contribution in [-0.4, -0.2) is 5.11 Å². The van der Waals surface area contributed by atoms with Crippen LogP contribution in [0.25, 0.3) is 16.7 Å². The van der Waals surface area contributed by atoms with Crippen molar-refractivity contribution in [2.75, 3.05) is 0 Å². The van der Waals surface area contributed by atoms with Gasteiger partial charge in [-0.25, -0.2) is 0 Å². The van der Waals surface area contributed by atoms with E-state index in [9.17, 15) is 5.11 Å². The Morgan fingerprint density at radius 2 is 1.88 bits per heavy atom. The molecule has 4 heteroatoms. The number of hydrogen-bond acceptors (Lipinski definition) is 4. The topological polar surface area (TPSA) is 81.0 Å². The Hall–Kier alpha value is -2.72. The summed E-state index contributed by atoms with van der Waals surface area (Å²) in [6.07, 6.45) is 0. The summed E-state index contributed by atoms with van der Waals surface area (Å²) in [5.74, 6) is -0.243. The molecule has 1 aromatic heterocycles. The Balaban J connectivity index is 2.75. The van der Waals surface area contributed by atoms with Crippen molar-refractivity contribution in [2.45, 2.75) is 6.92 Å². The fourth-order valence-electron chi connectivity index (χ4n) is 1.64. The summed E-state index contributed by atoms with van der Waals surface area (Å²) in [5.41, 5.74) is 0.968. The molecule has 0 unspecified atom stereocenters. The fourth-order valence-corrected chi connectivity index (χ4v) is 1.64. The van der Waals surface area contributed by atoms with Crippen molar-refractivity contribution in [3.8, 4) is 12.1 Å². The predicted molar refractivity (Wildman–Crippen MR) is 61.7 cm³/mol. The van der Waals surface area contributed by atoms with Gasteiger partial charge in [0, 0.05) is 10.9 Å². The van der Waals surface area contributed by atoms with Gasteiger partial charge in [0.05, 0.1) is 0 Å². The molecule has 82 valence electrons. The number of para-hydroxylation sites is 1. The van der Waals surface area contributed by atoms with Gasteiger partial charge in [0.25, 0.3) is 0 Å². The Bertz CT molecular complexity index is 680. The Morgan fingerprint density at radius 1 is 1.24 bits per heavy atom. The first-order chi connectivity index (χ1) is 8.19. The normalized spacial score (nSPS) is 9.59. The largest absolute Gasteiger partial charge is 0.503 e. The van der Waals surface area contributed by atoms with Crippen LogP contribution in [0, 0.1) is 29.6 Å². The number of benzene rings is 1. The summed E-state index contributed by atoms with van der Waals surface area (Å²) in [5, 5.41) is 28.0. The highest BCUT2D eigenvalue weighted by atomic mass is 16.4. The van der Waals surface area contributed by atoms with Crippen LogP contribution in [0.1, 0.15) is 11.3 Å². The van der Waals surface area contributed by atoms with Crippen molar-refractivity contribution in [3.63, 3.8) is 0 Å². The summed E-state index contributed by atoms with van der Waals surface area (Å²) >= 11 is 0. The van der Waals surface area contributed by atoms with Gasteiger partial charge in [-0.15, -0.1) is 0 Å². The molecule has 0 radical (unpaired) electrons. The average molecular weight is 224 g/mol. The molecule has 2 rings (SSSR count). The van der Waals surface area contributed by atoms with Crippen molar-refractivity contribution < 1.29 is 9.52 Å². The molecule has 4 nitrogen and oxygen atoms in total. The lowest BCUT2D eigenvalue weighted by atomic mass is 10.1. The van der Waals surface area contributed by atoms with Crippen LogP contribution in [0.2, 0.25) is 0 Å². The quantitative estimate of drug-likeness (QED) is 0.596. The smallest absolute Gasteiger partial charge is 0.187 e. The predicted octanol–water partition coefficient (Wildman–Crippen LogP) is 3.06. The van der Waals surface area contributed by atoms with E-state index in [1.54, 1.807) is 25.1 Å². The number of furan rings is 1. The van der Waals surface area contributed by atoms with Gasteiger partial charge >= 0.3 is 0 Å². The number of nitrogens with zero attached hydrogens (tertiary/aromatic N) is 2. The number of aliphatic hydroxyl groups excluding tert-OH is 1. The van der Waals surface area contributed by atoms with Crippen LogP contribution in [-0.2, 0) is 0 Å². The third-order valence-electron chi connectivity index (χ3n) is 2.52. The molecule has 0 aliphatic heterocycles. The van der Waals surface area contributed by atoms with Gasteiger partial charge in [-0.05, 0) is 13.0 Å². The molecule has 1 aromatic carbocycles. The summed E-state index contributed by atoms with van der Waals surface area (Å²) in [7, 11) is 0. The first-order valence-electron chi connectivity index (χ1n) is 4.91. The van der Waals surface area contributed by atoms with Crippen molar-refractivity contribution in [1.29, 1.82) is 10.5 Å². The Labute approximate surface area is 97.6 Å². The van der Waals surface area contributed by atoms with Gasteiger partial charge in [0.15, 0.2) is 17.1 Å². The van der Waals surface area contributed by atoms with Gasteiger partial charge in [-0.1, -0.05) is 18.2 Å². The third kappa shape index (κ3) is 1.62. The summed E-state index contributed by atoms with van der Waals surface area (Å²) in [4.78, 5) is 0. The van der Waals surface area contributed by atoms with E-state index in [1.807, 2.05) is 18.2 Å². The van der Waals surface area contributed by atoms with Gasteiger partial charge in [-0.2, -0.15) is 10.5 Å². The molecule has 0 fully saturated rings. The van der Waals surface area contributed by atoms with Crippen LogP contribution in [0.4, 0.5) is 0 Å². The molecule has 2 aromatic rings. The average Bonchev–Trinajstić information content (AvgIpc) is 2.69. The maximum Gasteiger partial charge on any atom is 0.187 e. The van der Waals surface area contributed by atoms with Crippen LogP contribution in [0.15, 0.2) is 34.3 Å². The molecule has 0 saturated carbocycles. The molecule has 0 atom stereocenters. The van der Waals surface area contributed by atoms with Gasteiger partial charge in [0.2, 0.25) is 0 Å². The molecular formula is C13H8N2O2. The lowest BCUT2D eigenvalue weighted by Crippen LogP contribution is -1.87. The summed E-state index contributed by atoms with van der Waals surface area (Å²) < 4.78 is 5.44. The van der Waals surface area contributed by atoms with Crippen molar-refractivity contribution >= 4 is 16.7 Å². The van der Waals surface area contributed by atoms with E-state index in [-0.39, 0.29) is 11.3 Å². The van der Waals surface area contributed by atoms with Crippen molar-refractivity contribution in [1.82, 2.24) is 0 Å². The highest BCUT2D eigenvalue weighted by Gasteiger charge is 2.17.